The smallest absolute Gasteiger partial charge is 0.318 e. The number of aromatic nitrogens is 1. The van der Waals surface area contributed by atoms with E-state index in [0.29, 0.717) is 5.13 Å². The van der Waals surface area contributed by atoms with Gasteiger partial charge in [-0.2, -0.15) is 0 Å². The predicted octanol–water partition coefficient (Wildman–Crippen LogP) is 2.31. The fraction of sp³-hybridized carbons (Fsp3) is 0.0909. The third-order valence-corrected chi connectivity index (χ3v) is 3.07. The van der Waals surface area contributed by atoms with Gasteiger partial charge in [-0.3, -0.25) is 5.32 Å². The van der Waals surface area contributed by atoms with Crippen LogP contribution in [-0.2, 0) is 0 Å². The maximum atomic E-state index is 10.7. The van der Waals surface area contributed by atoms with Crippen LogP contribution < -0.4 is 15.8 Å². The van der Waals surface area contributed by atoms with E-state index in [1.54, 1.807) is 13.3 Å². The lowest BCUT2D eigenvalue weighted by atomic mass is 10.2. The van der Waals surface area contributed by atoms with Crippen LogP contribution in [0.4, 0.5) is 9.93 Å². The maximum absolute atomic E-state index is 10.7. The summed E-state index contributed by atoms with van der Waals surface area (Å²) in [4.78, 5) is 15.7. The van der Waals surface area contributed by atoms with Crippen molar-refractivity contribution in [1.29, 1.82) is 0 Å². The zero-order valence-corrected chi connectivity index (χ0v) is 9.95. The summed E-state index contributed by atoms with van der Waals surface area (Å²) in [6, 6.07) is 6.99. The van der Waals surface area contributed by atoms with Crippen LogP contribution in [0.1, 0.15) is 0 Å². The number of amides is 2. The number of hydrogen-bond acceptors (Lipinski definition) is 4. The third-order valence-electron chi connectivity index (χ3n) is 2.11. The van der Waals surface area contributed by atoms with Gasteiger partial charge < -0.3 is 10.5 Å². The van der Waals surface area contributed by atoms with E-state index in [4.69, 9.17) is 10.5 Å². The molecule has 17 heavy (non-hydrogen) atoms. The molecule has 0 aliphatic heterocycles. The number of methoxy groups -OCH3 is 1. The largest absolute Gasteiger partial charge is 0.497 e. The molecular formula is C11H11N3O2S. The number of nitrogens with two attached hydrogens (primary N) is 1. The minimum atomic E-state index is -0.611. The van der Waals surface area contributed by atoms with Gasteiger partial charge in [0.2, 0.25) is 0 Å². The number of benzene rings is 1. The van der Waals surface area contributed by atoms with Crippen LogP contribution in [0.5, 0.6) is 5.75 Å². The molecule has 0 aliphatic carbocycles. The highest BCUT2D eigenvalue weighted by molar-refractivity contribution is 7.19. The Hall–Kier alpha value is -2.08. The molecule has 0 unspecified atom stereocenters. The second-order valence-electron chi connectivity index (χ2n) is 3.25. The van der Waals surface area contributed by atoms with Crippen LogP contribution in [0.25, 0.3) is 10.4 Å². The summed E-state index contributed by atoms with van der Waals surface area (Å²) in [5, 5.41) is 2.93. The van der Waals surface area contributed by atoms with Crippen molar-refractivity contribution in [3.63, 3.8) is 0 Å². The summed E-state index contributed by atoms with van der Waals surface area (Å²) >= 11 is 1.36. The van der Waals surface area contributed by atoms with Gasteiger partial charge in [0.15, 0.2) is 5.13 Å². The lowest BCUT2D eigenvalue weighted by molar-refractivity contribution is 0.259. The van der Waals surface area contributed by atoms with Crippen LogP contribution in [0, 0.1) is 0 Å². The summed E-state index contributed by atoms with van der Waals surface area (Å²) in [5.41, 5.74) is 6.03. The molecule has 0 spiro atoms. The highest BCUT2D eigenvalue weighted by Gasteiger charge is 2.05. The van der Waals surface area contributed by atoms with Gasteiger partial charge in [0.05, 0.1) is 12.0 Å². The van der Waals surface area contributed by atoms with Gasteiger partial charge in [-0.1, -0.05) is 11.3 Å². The van der Waals surface area contributed by atoms with Crippen molar-refractivity contribution in [3.05, 3.63) is 30.5 Å². The SMILES string of the molecule is COc1ccc(-c2cnc(NC(N)=O)s2)cc1. The molecule has 0 fully saturated rings. The van der Waals surface area contributed by atoms with Crippen molar-refractivity contribution >= 4 is 22.5 Å². The number of carbonyl (C=O) groups excluding carboxylic acids is 1. The maximum Gasteiger partial charge on any atom is 0.318 e. The molecule has 2 aromatic rings. The highest BCUT2D eigenvalue weighted by Crippen LogP contribution is 2.29. The number of anilines is 1. The van der Waals surface area contributed by atoms with Crippen molar-refractivity contribution in [2.75, 3.05) is 12.4 Å². The minimum absolute atomic E-state index is 0.489. The molecule has 2 amide bonds. The summed E-state index contributed by atoms with van der Waals surface area (Å²) in [6.45, 7) is 0. The number of carbonyl (C=O) groups is 1. The van der Waals surface area contributed by atoms with E-state index in [1.165, 1.54) is 11.3 Å². The van der Waals surface area contributed by atoms with Gasteiger partial charge in [-0.05, 0) is 29.8 Å². The molecule has 88 valence electrons. The average molecular weight is 249 g/mol. The molecule has 5 nitrogen and oxygen atoms in total. The number of urea groups is 1. The van der Waals surface area contributed by atoms with E-state index in [-0.39, 0.29) is 0 Å². The molecule has 6 heteroatoms. The second kappa shape index (κ2) is 4.84. The van der Waals surface area contributed by atoms with Crippen LogP contribution >= 0.6 is 11.3 Å². The number of thiazole rings is 1. The normalized spacial score (nSPS) is 9.94. The lowest BCUT2D eigenvalue weighted by Gasteiger charge is -2.00. The molecule has 2 rings (SSSR count). The van der Waals surface area contributed by atoms with Gasteiger partial charge in [-0.15, -0.1) is 0 Å². The first-order valence-electron chi connectivity index (χ1n) is 4.86. The zero-order chi connectivity index (χ0) is 12.3. The number of ether oxygens (including phenoxy) is 1. The van der Waals surface area contributed by atoms with Crippen LogP contribution in [0.2, 0.25) is 0 Å². The van der Waals surface area contributed by atoms with Crippen molar-refractivity contribution in [2.45, 2.75) is 0 Å². The molecule has 1 aromatic heterocycles. The zero-order valence-electron chi connectivity index (χ0n) is 9.14. The summed E-state index contributed by atoms with van der Waals surface area (Å²) in [5.74, 6) is 0.800. The van der Waals surface area contributed by atoms with E-state index < -0.39 is 6.03 Å². The number of rotatable bonds is 3. The molecular weight excluding hydrogens is 238 g/mol. The summed E-state index contributed by atoms with van der Waals surface area (Å²) < 4.78 is 5.08. The van der Waals surface area contributed by atoms with Crippen molar-refractivity contribution < 1.29 is 9.53 Å². The minimum Gasteiger partial charge on any atom is -0.497 e. The van der Waals surface area contributed by atoms with Crippen LogP contribution in [-0.4, -0.2) is 18.1 Å². The quantitative estimate of drug-likeness (QED) is 0.876. The first kappa shape index (κ1) is 11.4. The molecule has 0 radical (unpaired) electrons. The fourth-order valence-corrected chi connectivity index (χ4v) is 2.15. The summed E-state index contributed by atoms with van der Waals surface area (Å²) in [6.07, 6.45) is 1.69. The van der Waals surface area contributed by atoms with Gasteiger partial charge >= 0.3 is 6.03 Å². The van der Waals surface area contributed by atoms with Gasteiger partial charge in [0.1, 0.15) is 5.75 Å². The molecule has 0 atom stereocenters. The lowest BCUT2D eigenvalue weighted by Crippen LogP contribution is -2.18. The summed E-state index contributed by atoms with van der Waals surface area (Å²) in [7, 11) is 1.62. The van der Waals surface area contributed by atoms with E-state index in [0.717, 1.165) is 16.2 Å². The molecule has 0 aliphatic rings. The Morgan fingerprint density at radius 3 is 2.71 bits per heavy atom. The molecule has 1 aromatic carbocycles. The van der Waals surface area contributed by atoms with Gasteiger partial charge in [-0.25, -0.2) is 9.78 Å². The average Bonchev–Trinajstić information content (AvgIpc) is 2.77. The Kier molecular flexibility index (Phi) is 3.24. The topological polar surface area (TPSA) is 77.2 Å². The highest BCUT2D eigenvalue weighted by atomic mass is 32.1. The van der Waals surface area contributed by atoms with Crippen LogP contribution in [0.3, 0.4) is 0 Å². The molecule has 0 bridgehead atoms. The fourth-order valence-electron chi connectivity index (χ4n) is 1.33. The standard InChI is InChI=1S/C11H11N3O2S/c1-16-8-4-2-7(3-5-8)9-6-13-11(17-9)14-10(12)15/h2-6H,1H3,(H3,12,13,14,15). The van der Waals surface area contributed by atoms with E-state index in [1.807, 2.05) is 24.3 Å². The van der Waals surface area contributed by atoms with Crippen molar-refractivity contribution in [1.82, 2.24) is 4.98 Å². The second-order valence-corrected chi connectivity index (χ2v) is 4.28. The Bertz CT molecular complexity index is 522. The van der Waals surface area contributed by atoms with Crippen LogP contribution in [0.15, 0.2) is 30.5 Å². The van der Waals surface area contributed by atoms with E-state index >= 15 is 0 Å². The first-order chi connectivity index (χ1) is 8.19. The predicted molar refractivity (Wildman–Crippen MR) is 67.3 cm³/mol. The Labute approximate surface area is 102 Å². The van der Waals surface area contributed by atoms with E-state index in [9.17, 15) is 4.79 Å². The Balaban J connectivity index is 2.21. The number of primary amides is 1. The monoisotopic (exact) mass is 249 g/mol. The number of hydrogen-bond donors (Lipinski definition) is 2. The Morgan fingerprint density at radius 1 is 1.41 bits per heavy atom. The molecule has 0 saturated heterocycles. The van der Waals surface area contributed by atoms with Crippen molar-refractivity contribution in [2.24, 2.45) is 5.73 Å². The van der Waals surface area contributed by atoms with Crippen molar-refractivity contribution in [3.8, 4) is 16.2 Å². The van der Waals surface area contributed by atoms with Gasteiger partial charge in [0.25, 0.3) is 0 Å². The Morgan fingerprint density at radius 2 is 2.12 bits per heavy atom. The molecule has 3 N–H and O–H groups in total. The van der Waals surface area contributed by atoms with E-state index in [2.05, 4.69) is 10.3 Å². The number of nitrogens with zero attached hydrogens (tertiary/aromatic N) is 1. The number of nitrogens with one attached hydrogen (secondary N) is 1. The molecule has 0 saturated carbocycles. The molecule has 1 heterocycles. The third kappa shape index (κ3) is 2.73. The van der Waals surface area contributed by atoms with Gasteiger partial charge in [0, 0.05) is 6.20 Å². The first-order valence-corrected chi connectivity index (χ1v) is 5.67.